The highest BCUT2D eigenvalue weighted by atomic mass is 35.5. The number of rotatable bonds is 4. The zero-order valence-corrected chi connectivity index (χ0v) is 11.1. The molecule has 18 heavy (non-hydrogen) atoms. The van der Waals surface area contributed by atoms with Crippen LogP contribution in [0.15, 0.2) is 27.8 Å². The summed E-state index contributed by atoms with van der Waals surface area (Å²) in [5, 5.41) is 17.1. The number of hydrogen-bond acceptors (Lipinski definition) is 5. The van der Waals surface area contributed by atoms with E-state index in [4.69, 9.17) is 32.7 Å². The van der Waals surface area contributed by atoms with Crippen LogP contribution in [0.25, 0.3) is 11.5 Å². The molecule has 0 aliphatic heterocycles. The van der Waals surface area contributed by atoms with Crippen molar-refractivity contribution < 1.29 is 14.3 Å². The average molecular weight is 305 g/mol. The molecular formula is C10H6Cl2N2O3S. The van der Waals surface area contributed by atoms with Crippen LogP contribution in [0.4, 0.5) is 0 Å². The first kappa shape index (κ1) is 13.2. The monoisotopic (exact) mass is 304 g/mol. The first-order chi connectivity index (χ1) is 8.54. The fraction of sp³-hybridized carbons (Fsp3) is 0.100. The lowest BCUT2D eigenvalue weighted by molar-refractivity contribution is -0.133. The third-order valence-corrected chi connectivity index (χ3v) is 3.07. The van der Waals surface area contributed by atoms with Gasteiger partial charge in [-0.3, -0.25) is 4.79 Å². The molecule has 0 radical (unpaired) electrons. The van der Waals surface area contributed by atoms with Crippen LogP contribution in [-0.4, -0.2) is 27.0 Å². The van der Waals surface area contributed by atoms with Crippen LogP contribution >= 0.6 is 35.0 Å². The summed E-state index contributed by atoms with van der Waals surface area (Å²) in [5.74, 6) is -0.851. The number of carboxylic acid groups (broad SMARTS) is 1. The maximum Gasteiger partial charge on any atom is 0.314 e. The lowest BCUT2D eigenvalue weighted by atomic mass is 10.2. The zero-order valence-electron chi connectivity index (χ0n) is 8.76. The van der Waals surface area contributed by atoms with Gasteiger partial charge in [-0.25, -0.2) is 0 Å². The second-order valence-corrected chi connectivity index (χ2v) is 5.01. The van der Waals surface area contributed by atoms with Crippen molar-refractivity contribution in [3.8, 4) is 11.5 Å². The van der Waals surface area contributed by atoms with E-state index in [0.29, 0.717) is 15.6 Å². The summed E-state index contributed by atoms with van der Waals surface area (Å²) in [7, 11) is 0. The highest BCUT2D eigenvalue weighted by Crippen LogP contribution is 2.28. The van der Waals surface area contributed by atoms with Gasteiger partial charge in [0.1, 0.15) is 5.75 Å². The second kappa shape index (κ2) is 5.60. The largest absolute Gasteiger partial charge is 0.481 e. The number of carbonyl (C=O) groups is 1. The molecule has 0 aliphatic rings. The summed E-state index contributed by atoms with van der Waals surface area (Å²) in [6, 6.07) is 4.85. The van der Waals surface area contributed by atoms with Crippen molar-refractivity contribution in [3.63, 3.8) is 0 Å². The number of benzene rings is 1. The van der Waals surface area contributed by atoms with Crippen molar-refractivity contribution in [2.45, 2.75) is 5.22 Å². The smallest absolute Gasteiger partial charge is 0.314 e. The Bertz CT molecular complexity index is 568. The van der Waals surface area contributed by atoms with Crippen molar-refractivity contribution in [2.75, 3.05) is 5.75 Å². The number of thioether (sulfide) groups is 1. The Kier molecular flexibility index (Phi) is 4.11. The Morgan fingerprint density at radius 2 is 1.94 bits per heavy atom. The molecule has 0 aliphatic carbocycles. The Morgan fingerprint density at radius 3 is 2.56 bits per heavy atom. The summed E-state index contributed by atoms with van der Waals surface area (Å²) in [6.45, 7) is 0. The van der Waals surface area contributed by atoms with E-state index in [2.05, 4.69) is 10.2 Å². The van der Waals surface area contributed by atoms with Crippen LogP contribution < -0.4 is 0 Å². The van der Waals surface area contributed by atoms with Crippen LogP contribution in [-0.2, 0) is 4.79 Å². The van der Waals surface area contributed by atoms with E-state index in [1.165, 1.54) is 0 Å². The van der Waals surface area contributed by atoms with Crippen molar-refractivity contribution in [1.29, 1.82) is 0 Å². The third kappa shape index (κ3) is 3.38. The van der Waals surface area contributed by atoms with Gasteiger partial charge in [-0.15, -0.1) is 10.2 Å². The van der Waals surface area contributed by atoms with Gasteiger partial charge < -0.3 is 9.52 Å². The molecule has 0 atom stereocenters. The van der Waals surface area contributed by atoms with E-state index in [9.17, 15) is 4.79 Å². The van der Waals surface area contributed by atoms with Crippen LogP contribution in [0.1, 0.15) is 0 Å². The molecule has 1 aromatic heterocycles. The van der Waals surface area contributed by atoms with E-state index in [-0.39, 0.29) is 16.9 Å². The number of halogens is 2. The lowest BCUT2D eigenvalue weighted by Crippen LogP contribution is -1.97. The lowest BCUT2D eigenvalue weighted by Gasteiger charge is -1.97. The zero-order chi connectivity index (χ0) is 13.1. The molecule has 0 saturated carbocycles. The van der Waals surface area contributed by atoms with E-state index >= 15 is 0 Å². The van der Waals surface area contributed by atoms with Gasteiger partial charge in [0.2, 0.25) is 5.89 Å². The molecular weight excluding hydrogens is 299 g/mol. The minimum absolute atomic E-state index is 0.141. The average Bonchev–Trinajstić information content (AvgIpc) is 2.73. The fourth-order valence-electron chi connectivity index (χ4n) is 1.19. The molecule has 0 fully saturated rings. The van der Waals surface area contributed by atoms with E-state index in [1.807, 2.05) is 0 Å². The van der Waals surface area contributed by atoms with Crippen LogP contribution in [0.5, 0.6) is 0 Å². The number of aliphatic carboxylic acids is 1. The van der Waals surface area contributed by atoms with Crippen LogP contribution in [0.3, 0.4) is 0 Å². The summed E-state index contributed by atoms with van der Waals surface area (Å²) in [5.41, 5.74) is 0.585. The van der Waals surface area contributed by atoms with Gasteiger partial charge in [0.25, 0.3) is 5.22 Å². The number of carboxylic acids is 1. The first-order valence-corrected chi connectivity index (χ1v) is 6.43. The van der Waals surface area contributed by atoms with E-state index in [0.717, 1.165) is 11.8 Å². The highest BCUT2D eigenvalue weighted by Gasteiger charge is 2.11. The van der Waals surface area contributed by atoms with Crippen LogP contribution in [0, 0.1) is 0 Å². The molecule has 0 bridgehead atoms. The fourth-order valence-corrected chi connectivity index (χ4v) is 2.19. The maximum atomic E-state index is 10.4. The summed E-state index contributed by atoms with van der Waals surface area (Å²) in [4.78, 5) is 10.4. The van der Waals surface area contributed by atoms with Gasteiger partial charge in [0.15, 0.2) is 0 Å². The summed E-state index contributed by atoms with van der Waals surface area (Å²) in [6.07, 6.45) is 0. The predicted molar refractivity (Wildman–Crippen MR) is 68.1 cm³/mol. The Morgan fingerprint density at radius 1 is 1.28 bits per heavy atom. The van der Waals surface area contributed by atoms with E-state index < -0.39 is 5.97 Å². The van der Waals surface area contributed by atoms with Gasteiger partial charge in [0.05, 0.1) is 0 Å². The molecule has 0 unspecified atom stereocenters. The van der Waals surface area contributed by atoms with Crippen molar-refractivity contribution in [1.82, 2.24) is 10.2 Å². The Hall–Kier alpha value is -1.24. The molecule has 8 heteroatoms. The molecule has 1 N–H and O–H groups in total. The number of aromatic nitrogens is 2. The molecule has 2 aromatic rings. The minimum Gasteiger partial charge on any atom is -0.481 e. The molecule has 2 rings (SSSR count). The topological polar surface area (TPSA) is 76.2 Å². The van der Waals surface area contributed by atoms with Gasteiger partial charge >= 0.3 is 5.97 Å². The van der Waals surface area contributed by atoms with E-state index in [1.54, 1.807) is 18.2 Å². The van der Waals surface area contributed by atoms with Gasteiger partial charge in [-0.05, 0) is 18.2 Å². The molecule has 0 saturated heterocycles. The summed E-state index contributed by atoms with van der Waals surface area (Å²) >= 11 is 12.7. The third-order valence-electron chi connectivity index (χ3n) is 1.84. The van der Waals surface area contributed by atoms with Gasteiger partial charge in [-0.1, -0.05) is 35.0 Å². The molecule has 5 nitrogen and oxygen atoms in total. The van der Waals surface area contributed by atoms with Crippen LogP contribution in [0.2, 0.25) is 10.0 Å². The van der Waals surface area contributed by atoms with Crippen molar-refractivity contribution in [2.24, 2.45) is 0 Å². The number of nitrogens with zero attached hydrogens (tertiary/aromatic N) is 2. The van der Waals surface area contributed by atoms with Crippen molar-refractivity contribution in [3.05, 3.63) is 28.2 Å². The van der Waals surface area contributed by atoms with Crippen molar-refractivity contribution >= 4 is 40.9 Å². The first-order valence-electron chi connectivity index (χ1n) is 4.69. The normalized spacial score (nSPS) is 10.6. The predicted octanol–water partition coefficient (Wildman–Crippen LogP) is 3.22. The quantitative estimate of drug-likeness (QED) is 0.874. The summed E-state index contributed by atoms with van der Waals surface area (Å²) < 4.78 is 5.29. The molecule has 94 valence electrons. The number of hydrogen-bond donors (Lipinski definition) is 1. The minimum atomic E-state index is -0.953. The molecule has 0 spiro atoms. The van der Waals surface area contributed by atoms with Gasteiger partial charge in [-0.2, -0.15) is 0 Å². The molecule has 1 aromatic carbocycles. The van der Waals surface area contributed by atoms with Gasteiger partial charge in [0, 0.05) is 15.6 Å². The SMILES string of the molecule is O=C(O)CSc1nnc(-c2cc(Cl)cc(Cl)c2)o1. The second-order valence-electron chi connectivity index (χ2n) is 3.21. The Labute approximate surface area is 116 Å². The highest BCUT2D eigenvalue weighted by molar-refractivity contribution is 7.99. The standard InChI is InChI=1S/C10H6Cl2N2O3S/c11-6-1-5(2-7(12)3-6)9-13-14-10(17-9)18-4-8(15)16/h1-3H,4H2,(H,15,16). The molecule has 1 heterocycles. The maximum absolute atomic E-state index is 10.4. The molecule has 0 amide bonds. The Balaban J connectivity index is 2.21.